The number of nitrogens with zero attached hydrogens (tertiary/aromatic N) is 2. The molecule has 1 aliphatic heterocycles. The lowest BCUT2D eigenvalue weighted by molar-refractivity contribution is -0.127. The molecule has 0 fully saturated rings. The summed E-state index contributed by atoms with van der Waals surface area (Å²) in [6.07, 6.45) is -1.07. The number of rotatable bonds is 9. The molecule has 1 N–H and O–H groups in total. The Morgan fingerprint density at radius 2 is 1.56 bits per heavy atom. The van der Waals surface area contributed by atoms with Gasteiger partial charge in [-0.3, -0.25) is 9.10 Å². The van der Waals surface area contributed by atoms with Gasteiger partial charge in [-0.25, -0.2) is 21.1 Å². The lowest BCUT2D eigenvalue weighted by Crippen LogP contribution is -2.51. The van der Waals surface area contributed by atoms with Crippen LogP contribution >= 0.6 is 0 Å². The Morgan fingerprint density at radius 3 is 2.21 bits per heavy atom. The lowest BCUT2D eigenvalue weighted by Gasteiger charge is -2.35. The summed E-state index contributed by atoms with van der Waals surface area (Å²) >= 11 is 0. The molecule has 4 rings (SSSR count). The molecule has 39 heavy (non-hydrogen) atoms. The Balaban J connectivity index is 1.42. The van der Waals surface area contributed by atoms with Gasteiger partial charge in [0.2, 0.25) is 10.0 Å². The summed E-state index contributed by atoms with van der Waals surface area (Å²) in [5.74, 6) is 0.253. The average molecular weight is 574 g/mol. The normalized spacial score (nSPS) is 15.4. The van der Waals surface area contributed by atoms with Gasteiger partial charge in [0.25, 0.3) is 15.9 Å². The van der Waals surface area contributed by atoms with Crippen molar-refractivity contribution >= 4 is 31.6 Å². The minimum absolute atomic E-state index is 0.111. The molecule has 0 saturated heterocycles. The van der Waals surface area contributed by atoms with Gasteiger partial charge in [0.15, 0.2) is 6.10 Å². The molecule has 0 bridgehead atoms. The van der Waals surface area contributed by atoms with Gasteiger partial charge in [-0.15, -0.1) is 0 Å². The van der Waals surface area contributed by atoms with Gasteiger partial charge in [0, 0.05) is 14.1 Å². The predicted octanol–water partition coefficient (Wildman–Crippen LogP) is 2.71. The minimum Gasteiger partial charge on any atom is -0.492 e. The van der Waals surface area contributed by atoms with E-state index in [9.17, 15) is 21.6 Å². The fraction of sp³-hybridized carbons (Fsp3) is 0.296. The van der Waals surface area contributed by atoms with Crippen molar-refractivity contribution in [3.8, 4) is 11.5 Å². The van der Waals surface area contributed by atoms with Crippen molar-refractivity contribution < 1.29 is 31.1 Å². The molecule has 0 spiro atoms. The standard InChI is InChI=1S/C27H31N3O7S2/c1-19-5-10-23(11-6-19)39(34,35)30-18-26(37-25-14-7-20(2)17-24(25)30)27(31)28-15-16-36-21-8-12-22(13-9-21)38(32,33)29(3)4/h5-14,17,26H,15-16,18H2,1-4H3,(H,28,31). The van der Waals surface area contributed by atoms with Crippen molar-refractivity contribution in [3.63, 3.8) is 0 Å². The van der Waals surface area contributed by atoms with Crippen molar-refractivity contribution in [3.05, 3.63) is 77.9 Å². The molecule has 12 heteroatoms. The van der Waals surface area contributed by atoms with Crippen LogP contribution in [0.2, 0.25) is 0 Å². The first-order valence-electron chi connectivity index (χ1n) is 12.2. The van der Waals surface area contributed by atoms with Crippen molar-refractivity contribution in [2.75, 3.05) is 38.1 Å². The zero-order chi connectivity index (χ0) is 28.4. The molecule has 3 aromatic carbocycles. The first-order valence-corrected chi connectivity index (χ1v) is 15.1. The number of carbonyl (C=O) groups excluding carboxylic acids is 1. The highest BCUT2D eigenvalue weighted by atomic mass is 32.2. The molecular formula is C27H31N3O7S2. The molecule has 1 amide bonds. The molecule has 208 valence electrons. The Labute approximate surface area is 229 Å². The number of aryl methyl sites for hydroxylation is 2. The molecule has 1 aliphatic rings. The second-order valence-electron chi connectivity index (χ2n) is 9.33. The zero-order valence-electron chi connectivity index (χ0n) is 22.1. The van der Waals surface area contributed by atoms with Crippen LogP contribution in [0.3, 0.4) is 0 Å². The summed E-state index contributed by atoms with van der Waals surface area (Å²) in [6.45, 7) is 3.77. The Bertz CT molecular complexity index is 1550. The Morgan fingerprint density at radius 1 is 0.949 bits per heavy atom. The van der Waals surface area contributed by atoms with E-state index in [0.29, 0.717) is 17.2 Å². The number of amides is 1. The first-order chi connectivity index (χ1) is 18.4. The van der Waals surface area contributed by atoms with E-state index in [0.717, 1.165) is 15.4 Å². The quantitative estimate of drug-likeness (QED) is 0.391. The monoisotopic (exact) mass is 573 g/mol. The van der Waals surface area contributed by atoms with Gasteiger partial charge >= 0.3 is 0 Å². The molecule has 0 saturated carbocycles. The smallest absolute Gasteiger partial charge is 0.264 e. The number of hydrogen-bond acceptors (Lipinski definition) is 7. The third-order valence-electron chi connectivity index (χ3n) is 6.16. The SMILES string of the molecule is Cc1ccc(S(=O)(=O)N2CC(C(=O)NCCOc3ccc(S(=O)(=O)N(C)C)cc3)Oc3ccc(C)cc32)cc1. The fourth-order valence-corrected chi connectivity index (χ4v) is 6.31. The van der Waals surface area contributed by atoms with Crippen LogP contribution in [0, 0.1) is 13.8 Å². The van der Waals surface area contributed by atoms with Crippen LogP contribution in [0.5, 0.6) is 11.5 Å². The summed E-state index contributed by atoms with van der Waals surface area (Å²) in [4.78, 5) is 13.2. The minimum atomic E-state index is -3.95. The second kappa shape index (κ2) is 11.2. The van der Waals surface area contributed by atoms with Crippen LogP contribution in [0.15, 0.2) is 76.5 Å². The van der Waals surface area contributed by atoms with Gasteiger partial charge in [-0.1, -0.05) is 23.8 Å². The molecule has 10 nitrogen and oxygen atoms in total. The lowest BCUT2D eigenvalue weighted by atomic mass is 10.1. The van der Waals surface area contributed by atoms with E-state index in [4.69, 9.17) is 9.47 Å². The van der Waals surface area contributed by atoms with E-state index in [1.165, 1.54) is 42.7 Å². The first kappa shape index (κ1) is 28.4. The van der Waals surface area contributed by atoms with Crippen molar-refractivity contribution in [2.45, 2.75) is 29.7 Å². The van der Waals surface area contributed by atoms with E-state index in [2.05, 4.69) is 5.32 Å². The van der Waals surface area contributed by atoms with Crippen molar-refractivity contribution in [2.24, 2.45) is 0 Å². The number of hydrogen-bond donors (Lipinski definition) is 1. The topological polar surface area (TPSA) is 122 Å². The Hall–Kier alpha value is -3.61. The van der Waals surface area contributed by atoms with Crippen molar-refractivity contribution in [1.82, 2.24) is 9.62 Å². The average Bonchev–Trinajstić information content (AvgIpc) is 2.90. The molecule has 0 aromatic heterocycles. The number of nitrogens with one attached hydrogen (secondary N) is 1. The van der Waals surface area contributed by atoms with E-state index < -0.39 is 32.1 Å². The highest BCUT2D eigenvalue weighted by molar-refractivity contribution is 7.92. The van der Waals surface area contributed by atoms with Crippen LogP contribution in [0.1, 0.15) is 11.1 Å². The fourth-order valence-electron chi connectivity index (χ4n) is 3.94. The zero-order valence-corrected chi connectivity index (χ0v) is 23.8. The second-order valence-corrected chi connectivity index (χ2v) is 13.3. The summed E-state index contributed by atoms with van der Waals surface area (Å²) in [7, 11) is -4.59. The summed E-state index contributed by atoms with van der Waals surface area (Å²) in [6, 6.07) is 17.7. The molecule has 1 unspecified atom stereocenters. The predicted molar refractivity (Wildman–Crippen MR) is 147 cm³/mol. The van der Waals surface area contributed by atoms with Gasteiger partial charge in [-0.2, -0.15) is 0 Å². The maximum atomic E-state index is 13.6. The van der Waals surface area contributed by atoms with Crippen LogP contribution in [-0.4, -0.2) is 66.9 Å². The van der Waals surface area contributed by atoms with E-state index >= 15 is 0 Å². The highest BCUT2D eigenvalue weighted by Crippen LogP contribution is 2.37. The third kappa shape index (κ3) is 6.18. The van der Waals surface area contributed by atoms with Crippen LogP contribution in [-0.2, 0) is 24.8 Å². The van der Waals surface area contributed by atoms with Gasteiger partial charge in [0.05, 0.1) is 28.6 Å². The summed E-state index contributed by atoms with van der Waals surface area (Å²) < 4.78 is 65.3. The maximum absolute atomic E-state index is 13.6. The summed E-state index contributed by atoms with van der Waals surface area (Å²) in [5.41, 5.74) is 2.16. The number of sulfonamides is 2. The van der Waals surface area contributed by atoms with Crippen LogP contribution in [0.4, 0.5) is 5.69 Å². The Kier molecular flexibility index (Phi) is 8.19. The molecule has 1 atom stereocenters. The largest absolute Gasteiger partial charge is 0.492 e. The third-order valence-corrected chi connectivity index (χ3v) is 9.78. The van der Waals surface area contributed by atoms with Crippen LogP contribution < -0.4 is 19.1 Å². The van der Waals surface area contributed by atoms with E-state index in [-0.39, 0.29) is 29.5 Å². The van der Waals surface area contributed by atoms with Gasteiger partial charge in [0.1, 0.15) is 18.1 Å². The molecular weight excluding hydrogens is 542 g/mol. The number of anilines is 1. The van der Waals surface area contributed by atoms with Crippen LogP contribution in [0.25, 0.3) is 0 Å². The molecule has 0 radical (unpaired) electrons. The molecule has 0 aliphatic carbocycles. The maximum Gasteiger partial charge on any atom is 0.264 e. The summed E-state index contributed by atoms with van der Waals surface area (Å²) in [5, 5.41) is 2.72. The molecule has 3 aromatic rings. The van der Waals surface area contributed by atoms with Gasteiger partial charge < -0.3 is 14.8 Å². The highest BCUT2D eigenvalue weighted by Gasteiger charge is 2.37. The van der Waals surface area contributed by atoms with Gasteiger partial charge in [-0.05, 0) is 67.9 Å². The van der Waals surface area contributed by atoms with E-state index in [1.54, 1.807) is 42.5 Å². The number of benzene rings is 3. The molecule has 1 heterocycles. The number of ether oxygens (including phenoxy) is 2. The number of fused-ring (bicyclic) bond motifs is 1. The van der Waals surface area contributed by atoms with Crippen molar-refractivity contribution in [1.29, 1.82) is 0 Å². The number of carbonyl (C=O) groups is 1. The van der Waals surface area contributed by atoms with E-state index in [1.807, 2.05) is 13.8 Å².